The summed E-state index contributed by atoms with van der Waals surface area (Å²) in [5.41, 5.74) is 0.839. The van der Waals surface area contributed by atoms with E-state index < -0.39 is 11.6 Å². The molecule has 0 radical (unpaired) electrons. The highest BCUT2D eigenvalue weighted by atomic mass is 19.2. The van der Waals surface area contributed by atoms with Gasteiger partial charge in [-0.05, 0) is 37.1 Å². The average Bonchev–Trinajstić information content (AvgIpc) is 2.33. The van der Waals surface area contributed by atoms with Gasteiger partial charge >= 0.3 is 0 Å². The smallest absolute Gasteiger partial charge is 0.159 e. The van der Waals surface area contributed by atoms with Gasteiger partial charge in [0.05, 0.1) is 0 Å². The van der Waals surface area contributed by atoms with Crippen molar-refractivity contribution in [3.8, 4) is 0 Å². The highest BCUT2D eigenvalue weighted by Crippen LogP contribution is 2.21. The second-order valence-electron chi connectivity index (χ2n) is 4.32. The van der Waals surface area contributed by atoms with Crippen LogP contribution in [0.5, 0.6) is 0 Å². The standard InChI is InChI=1S/C14H21F2N/c1-3-5-6-14(17-9-4-2)11-7-8-12(15)13(16)10-11/h7-8,10,14,17H,3-6,9H2,1-2H3. The SMILES string of the molecule is CCCCC(NCCC)c1ccc(F)c(F)c1. The van der Waals surface area contributed by atoms with Gasteiger partial charge in [-0.2, -0.15) is 0 Å². The summed E-state index contributed by atoms with van der Waals surface area (Å²) in [4.78, 5) is 0. The van der Waals surface area contributed by atoms with Crippen LogP contribution in [0.25, 0.3) is 0 Å². The number of nitrogens with one attached hydrogen (secondary N) is 1. The van der Waals surface area contributed by atoms with Gasteiger partial charge in [0.25, 0.3) is 0 Å². The molecule has 0 aromatic heterocycles. The summed E-state index contributed by atoms with van der Waals surface area (Å²) >= 11 is 0. The Kier molecular flexibility index (Phi) is 6.12. The molecule has 1 aromatic carbocycles. The van der Waals surface area contributed by atoms with E-state index in [1.165, 1.54) is 12.1 Å². The highest BCUT2D eigenvalue weighted by molar-refractivity contribution is 5.21. The zero-order valence-electron chi connectivity index (χ0n) is 10.6. The Bertz CT molecular complexity index is 331. The van der Waals surface area contributed by atoms with Crippen molar-refractivity contribution in [1.82, 2.24) is 5.32 Å². The fourth-order valence-corrected chi connectivity index (χ4v) is 1.84. The van der Waals surface area contributed by atoms with E-state index in [1.54, 1.807) is 6.07 Å². The summed E-state index contributed by atoms with van der Waals surface area (Å²) in [6.07, 6.45) is 4.18. The van der Waals surface area contributed by atoms with Crippen molar-refractivity contribution in [2.75, 3.05) is 6.54 Å². The molecule has 17 heavy (non-hydrogen) atoms. The lowest BCUT2D eigenvalue weighted by molar-refractivity contribution is 0.469. The fraction of sp³-hybridized carbons (Fsp3) is 0.571. The minimum Gasteiger partial charge on any atom is -0.310 e. The second kappa shape index (κ2) is 7.38. The Morgan fingerprint density at radius 1 is 1.12 bits per heavy atom. The van der Waals surface area contributed by atoms with Crippen LogP contribution in [0.3, 0.4) is 0 Å². The first-order chi connectivity index (χ1) is 8.19. The fourth-order valence-electron chi connectivity index (χ4n) is 1.84. The third-order valence-corrected chi connectivity index (χ3v) is 2.83. The summed E-state index contributed by atoms with van der Waals surface area (Å²) in [7, 11) is 0. The Morgan fingerprint density at radius 2 is 1.88 bits per heavy atom. The molecule has 0 aliphatic heterocycles. The van der Waals surface area contributed by atoms with Crippen molar-refractivity contribution >= 4 is 0 Å². The van der Waals surface area contributed by atoms with Crippen molar-refractivity contribution in [3.63, 3.8) is 0 Å². The van der Waals surface area contributed by atoms with Crippen LogP contribution >= 0.6 is 0 Å². The van der Waals surface area contributed by atoms with Gasteiger partial charge in [-0.25, -0.2) is 8.78 Å². The second-order valence-corrected chi connectivity index (χ2v) is 4.32. The van der Waals surface area contributed by atoms with Crippen molar-refractivity contribution in [2.24, 2.45) is 0 Å². The number of rotatable bonds is 7. The van der Waals surface area contributed by atoms with Crippen LogP contribution in [0, 0.1) is 11.6 Å². The Balaban J connectivity index is 2.75. The number of hydrogen-bond donors (Lipinski definition) is 1. The molecule has 0 amide bonds. The van der Waals surface area contributed by atoms with E-state index in [0.29, 0.717) is 0 Å². The highest BCUT2D eigenvalue weighted by Gasteiger charge is 2.12. The van der Waals surface area contributed by atoms with Gasteiger partial charge in [-0.1, -0.05) is 32.8 Å². The zero-order valence-corrected chi connectivity index (χ0v) is 10.6. The van der Waals surface area contributed by atoms with Crippen LogP contribution < -0.4 is 5.32 Å². The molecule has 3 heteroatoms. The monoisotopic (exact) mass is 241 g/mol. The predicted molar refractivity (Wildman–Crippen MR) is 66.9 cm³/mol. The molecule has 0 aliphatic rings. The van der Waals surface area contributed by atoms with Crippen LogP contribution in [-0.4, -0.2) is 6.54 Å². The summed E-state index contributed by atoms with van der Waals surface area (Å²) in [5, 5.41) is 3.38. The third-order valence-electron chi connectivity index (χ3n) is 2.83. The molecular weight excluding hydrogens is 220 g/mol. The number of unbranched alkanes of at least 4 members (excludes halogenated alkanes) is 1. The van der Waals surface area contributed by atoms with Gasteiger partial charge in [0, 0.05) is 6.04 Å². The minimum absolute atomic E-state index is 0.130. The molecule has 0 spiro atoms. The Morgan fingerprint density at radius 3 is 2.47 bits per heavy atom. The van der Waals surface area contributed by atoms with E-state index in [4.69, 9.17) is 0 Å². The van der Waals surface area contributed by atoms with Crippen LogP contribution in [0.1, 0.15) is 51.1 Å². The molecule has 1 rings (SSSR count). The van der Waals surface area contributed by atoms with Crippen molar-refractivity contribution in [1.29, 1.82) is 0 Å². The quantitative estimate of drug-likeness (QED) is 0.754. The number of halogens is 2. The summed E-state index contributed by atoms with van der Waals surface area (Å²) in [6.45, 7) is 5.12. The molecule has 1 nitrogen and oxygen atoms in total. The van der Waals surface area contributed by atoms with Crippen molar-refractivity contribution in [3.05, 3.63) is 35.4 Å². The van der Waals surface area contributed by atoms with E-state index in [-0.39, 0.29) is 6.04 Å². The molecule has 0 saturated carbocycles. The average molecular weight is 241 g/mol. The van der Waals surface area contributed by atoms with E-state index in [1.807, 2.05) is 0 Å². The Labute approximate surface area is 102 Å². The molecule has 1 N–H and O–H groups in total. The van der Waals surface area contributed by atoms with Crippen LogP contribution in [0.2, 0.25) is 0 Å². The van der Waals surface area contributed by atoms with Crippen molar-refractivity contribution in [2.45, 2.75) is 45.6 Å². The van der Waals surface area contributed by atoms with Crippen molar-refractivity contribution < 1.29 is 8.78 Å². The molecule has 0 heterocycles. The first kappa shape index (κ1) is 14.1. The summed E-state index contributed by atoms with van der Waals surface area (Å²) < 4.78 is 26.1. The number of benzene rings is 1. The summed E-state index contributed by atoms with van der Waals surface area (Å²) in [6, 6.07) is 4.31. The van der Waals surface area contributed by atoms with Gasteiger partial charge in [-0.15, -0.1) is 0 Å². The first-order valence-corrected chi connectivity index (χ1v) is 6.37. The Hall–Kier alpha value is -0.960. The molecule has 1 aromatic rings. The van der Waals surface area contributed by atoms with E-state index in [9.17, 15) is 8.78 Å². The van der Waals surface area contributed by atoms with Gasteiger partial charge in [0.2, 0.25) is 0 Å². The molecule has 1 atom stereocenters. The normalized spacial score (nSPS) is 12.7. The molecular formula is C14H21F2N. The zero-order chi connectivity index (χ0) is 12.7. The first-order valence-electron chi connectivity index (χ1n) is 6.37. The molecule has 0 bridgehead atoms. The topological polar surface area (TPSA) is 12.0 Å². The lowest BCUT2D eigenvalue weighted by Gasteiger charge is -2.19. The summed E-state index contributed by atoms with van der Waals surface area (Å²) in [5.74, 6) is -1.54. The molecule has 0 fully saturated rings. The molecule has 1 unspecified atom stereocenters. The largest absolute Gasteiger partial charge is 0.310 e. The maximum atomic E-state index is 13.2. The van der Waals surface area contributed by atoms with Gasteiger partial charge in [0.1, 0.15) is 0 Å². The predicted octanol–water partition coefficient (Wildman–Crippen LogP) is 4.20. The van der Waals surface area contributed by atoms with Crippen LogP contribution in [0.15, 0.2) is 18.2 Å². The van der Waals surface area contributed by atoms with Gasteiger partial charge in [-0.3, -0.25) is 0 Å². The van der Waals surface area contributed by atoms with Crippen LogP contribution in [-0.2, 0) is 0 Å². The van der Waals surface area contributed by atoms with Crippen LogP contribution in [0.4, 0.5) is 8.78 Å². The molecule has 0 aliphatic carbocycles. The lowest BCUT2D eigenvalue weighted by Crippen LogP contribution is -2.22. The minimum atomic E-state index is -0.779. The van der Waals surface area contributed by atoms with Gasteiger partial charge < -0.3 is 5.32 Å². The van der Waals surface area contributed by atoms with Gasteiger partial charge in [0.15, 0.2) is 11.6 Å². The van der Waals surface area contributed by atoms with E-state index in [2.05, 4.69) is 19.2 Å². The molecule has 0 saturated heterocycles. The maximum absolute atomic E-state index is 13.2. The maximum Gasteiger partial charge on any atom is 0.159 e. The lowest BCUT2D eigenvalue weighted by atomic mass is 10.0. The molecule has 96 valence electrons. The number of hydrogen-bond acceptors (Lipinski definition) is 1. The van der Waals surface area contributed by atoms with E-state index >= 15 is 0 Å². The third kappa shape index (κ3) is 4.43. The van der Waals surface area contributed by atoms with E-state index in [0.717, 1.165) is 37.8 Å².